The molecule has 0 radical (unpaired) electrons. The maximum atomic E-state index is 5.93. The largest absolute Gasteiger partial charge is 0.352 e. The molecule has 0 unspecified atom stereocenters. The van der Waals surface area contributed by atoms with Crippen LogP contribution >= 0.6 is 0 Å². The van der Waals surface area contributed by atoms with Gasteiger partial charge in [0, 0.05) is 48.7 Å². The number of hydrogen-bond donors (Lipinski definition) is 3. The third kappa shape index (κ3) is 3.30. The zero-order valence-corrected chi connectivity index (χ0v) is 18.6. The Morgan fingerprint density at radius 2 is 1.71 bits per heavy atom. The smallest absolute Gasteiger partial charge is 0.147 e. The van der Waals surface area contributed by atoms with Gasteiger partial charge in [0.15, 0.2) is 0 Å². The van der Waals surface area contributed by atoms with E-state index in [0.717, 1.165) is 69.1 Å². The van der Waals surface area contributed by atoms with Crippen LogP contribution < -0.4 is 10.6 Å². The van der Waals surface area contributed by atoms with Crippen LogP contribution in [-0.2, 0) is 0 Å². The van der Waals surface area contributed by atoms with Gasteiger partial charge >= 0.3 is 0 Å². The molecule has 170 valence electrons. The van der Waals surface area contributed by atoms with Gasteiger partial charge in [0.1, 0.15) is 22.7 Å². The van der Waals surface area contributed by atoms with Gasteiger partial charge in [-0.1, -0.05) is 0 Å². The zero-order chi connectivity index (χ0) is 23.4. The number of rotatable bonds is 4. The molecule has 10 heteroatoms. The van der Waals surface area contributed by atoms with Crippen molar-refractivity contribution in [3.63, 3.8) is 0 Å². The molecule has 1 fully saturated rings. The quantitative estimate of drug-likeness (QED) is 0.365. The van der Waals surface area contributed by atoms with Gasteiger partial charge in [0.2, 0.25) is 0 Å². The van der Waals surface area contributed by atoms with Gasteiger partial charge < -0.3 is 15.6 Å². The summed E-state index contributed by atoms with van der Waals surface area (Å²) >= 11 is 0. The molecule has 1 saturated heterocycles. The lowest BCUT2D eigenvalue weighted by Gasteiger charge is -2.37. The summed E-state index contributed by atoms with van der Waals surface area (Å²) in [6, 6.07) is 10.1. The predicted molar refractivity (Wildman–Crippen MR) is 133 cm³/mol. The Kier molecular flexibility index (Phi) is 4.33. The van der Waals surface area contributed by atoms with E-state index in [1.807, 2.05) is 36.7 Å². The standard InChI is InChI=1S/C25H20N10/c26-15-12-35(13-15)23-11-29-10-22(31-23)18-1-2-19-24(32-18)25(34-33-19)20-7-16-17(8-28-9-21(16)30-20)14-3-5-27-6-4-14/h1-11,15,30H,12-13,26H2,(H,33,34). The van der Waals surface area contributed by atoms with Crippen molar-refractivity contribution in [1.29, 1.82) is 0 Å². The number of anilines is 1. The second kappa shape index (κ2) is 7.67. The molecular formula is C25H20N10. The van der Waals surface area contributed by atoms with Crippen molar-refractivity contribution >= 4 is 27.8 Å². The third-order valence-corrected chi connectivity index (χ3v) is 6.32. The van der Waals surface area contributed by atoms with Crippen LogP contribution in [0.1, 0.15) is 0 Å². The average Bonchev–Trinajstić information content (AvgIpc) is 3.51. The maximum absolute atomic E-state index is 5.93. The van der Waals surface area contributed by atoms with Crippen LogP contribution in [0.15, 0.2) is 67.5 Å². The van der Waals surface area contributed by atoms with E-state index in [1.165, 1.54) is 0 Å². The summed E-state index contributed by atoms with van der Waals surface area (Å²) in [5, 5.41) is 8.72. The molecule has 0 bridgehead atoms. The Hall–Kier alpha value is -4.70. The summed E-state index contributed by atoms with van der Waals surface area (Å²) in [4.78, 5) is 28.2. The minimum absolute atomic E-state index is 0.189. The molecule has 1 aliphatic rings. The number of hydrogen-bond acceptors (Lipinski definition) is 8. The van der Waals surface area contributed by atoms with Gasteiger partial charge in [-0.2, -0.15) is 5.10 Å². The molecule has 4 N–H and O–H groups in total. The van der Waals surface area contributed by atoms with Crippen molar-refractivity contribution in [1.82, 2.24) is 40.1 Å². The Morgan fingerprint density at radius 1 is 0.857 bits per heavy atom. The first-order chi connectivity index (χ1) is 17.2. The van der Waals surface area contributed by atoms with Crippen LogP contribution in [-0.4, -0.2) is 59.2 Å². The zero-order valence-electron chi connectivity index (χ0n) is 18.6. The summed E-state index contributed by atoms with van der Waals surface area (Å²) in [5.74, 6) is 0.810. The topological polar surface area (TPSA) is 138 Å². The molecule has 1 aliphatic heterocycles. The number of pyridine rings is 3. The van der Waals surface area contributed by atoms with Gasteiger partial charge in [-0.3, -0.25) is 20.1 Å². The summed E-state index contributed by atoms with van der Waals surface area (Å²) in [6.45, 7) is 1.57. The average molecular weight is 461 g/mol. The lowest BCUT2D eigenvalue weighted by atomic mass is 10.1. The Morgan fingerprint density at radius 3 is 2.57 bits per heavy atom. The normalized spacial score (nSPS) is 14.0. The minimum atomic E-state index is 0.189. The number of aromatic nitrogens is 8. The molecule has 35 heavy (non-hydrogen) atoms. The number of fused-ring (bicyclic) bond motifs is 2. The van der Waals surface area contributed by atoms with Crippen molar-refractivity contribution in [2.75, 3.05) is 18.0 Å². The van der Waals surface area contributed by atoms with Crippen molar-refractivity contribution in [2.45, 2.75) is 6.04 Å². The summed E-state index contributed by atoms with van der Waals surface area (Å²) in [6.07, 6.45) is 10.7. The van der Waals surface area contributed by atoms with Crippen LogP contribution in [0.25, 0.3) is 55.8 Å². The van der Waals surface area contributed by atoms with Crippen molar-refractivity contribution in [2.24, 2.45) is 5.73 Å². The van der Waals surface area contributed by atoms with Gasteiger partial charge in [0.05, 0.1) is 41.0 Å². The summed E-state index contributed by atoms with van der Waals surface area (Å²) in [5.41, 5.74) is 13.6. The van der Waals surface area contributed by atoms with Gasteiger partial charge in [-0.05, 0) is 35.9 Å². The van der Waals surface area contributed by atoms with Crippen molar-refractivity contribution < 1.29 is 0 Å². The van der Waals surface area contributed by atoms with E-state index in [1.54, 1.807) is 24.8 Å². The molecule has 0 saturated carbocycles. The first-order valence-corrected chi connectivity index (χ1v) is 11.3. The highest BCUT2D eigenvalue weighted by atomic mass is 15.3. The van der Waals surface area contributed by atoms with E-state index in [9.17, 15) is 0 Å². The van der Waals surface area contributed by atoms with Gasteiger partial charge in [-0.25, -0.2) is 9.97 Å². The van der Waals surface area contributed by atoms with E-state index in [4.69, 9.17) is 15.7 Å². The Bertz CT molecular complexity index is 1680. The van der Waals surface area contributed by atoms with Crippen molar-refractivity contribution in [3.8, 4) is 33.9 Å². The molecule has 0 spiro atoms. The fraction of sp³-hybridized carbons (Fsp3) is 0.120. The van der Waals surface area contributed by atoms with Crippen LogP contribution in [0.5, 0.6) is 0 Å². The minimum Gasteiger partial charge on any atom is -0.352 e. The second-order valence-corrected chi connectivity index (χ2v) is 8.66. The molecule has 0 amide bonds. The number of nitrogens with one attached hydrogen (secondary N) is 2. The molecule has 10 nitrogen and oxygen atoms in total. The van der Waals surface area contributed by atoms with Gasteiger partial charge in [-0.15, -0.1) is 0 Å². The molecule has 0 aliphatic carbocycles. The number of aromatic amines is 2. The predicted octanol–water partition coefficient (Wildman–Crippen LogP) is 3.17. The molecule has 6 aromatic heterocycles. The SMILES string of the molecule is NC1CN(c2cncc(-c3ccc4[nH]nc(-c5cc6c(-c7ccncc7)cncc6[nH]5)c4n3)n2)C1. The molecule has 0 atom stereocenters. The highest BCUT2D eigenvalue weighted by Crippen LogP contribution is 2.33. The van der Waals surface area contributed by atoms with Crippen molar-refractivity contribution in [3.05, 3.63) is 67.5 Å². The molecule has 6 aromatic rings. The molecule has 7 rings (SSSR count). The Balaban J connectivity index is 1.31. The molecule has 0 aromatic carbocycles. The molecule has 7 heterocycles. The van der Waals surface area contributed by atoms with E-state index in [-0.39, 0.29) is 6.04 Å². The maximum Gasteiger partial charge on any atom is 0.147 e. The van der Waals surface area contributed by atoms with Gasteiger partial charge in [0.25, 0.3) is 0 Å². The van der Waals surface area contributed by atoms with Crippen LogP contribution in [0, 0.1) is 0 Å². The number of H-pyrrole nitrogens is 2. The van der Waals surface area contributed by atoms with Crippen LogP contribution in [0.2, 0.25) is 0 Å². The summed E-state index contributed by atoms with van der Waals surface area (Å²) < 4.78 is 0. The lowest BCUT2D eigenvalue weighted by Crippen LogP contribution is -2.56. The first kappa shape index (κ1) is 19.7. The first-order valence-electron chi connectivity index (χ1n) is 11.3. The molecular weight excluding hydrogens is 440 g/mol. The van der Waals surface area contributed by atoms with E-state index >= 15 is 0 Å². The van der Waals surface area contributed by atoms with Crippen LogP contribution in [0.4, 0.5) is 5.82 Å². The monoisotopic (exact) mass is 460 g/mol. The second-order valence-electron chi connectivity index (χ2n) is 8.66. The highest BCUT2D eigenvalue weighted by molar-refractivity contribution is 5.99. The fourth-order valence-corrected chi connectivity index (χ4v) is 4.50. The third-order valence-electron chi connectivity index (χ3n) is 6.32. The van der Waals surface area contributed by atoms with Crippen LogP contribution in [0.3, 0.4) is 0 Å². The highest BCUT2D eigenvalue weighted by Gasteiger charge is 2.25. The Labute approximate surface area is 199 Å². The fourth-order valence-electron chi connectivity index (χ4n) is 4.50. The van der Waals surface area contributed by atoms with E-state index in [2.05, 4.69) is 41.1 Å². The summed E-state index contributed by atoms with van der Waals surface area (Å²) in [7, 11) is 0. The van der Waals surface area contributed by atoms with E-state index in [0.29, 0.717) is 5.69 Å². The lowest BCUT2D eigenvalue weighted by molar-refractivity contribution is 0.514. The number of nitrogens with zero attached hydrogens (tertiary/aromatic N) is 7. The number of nitrogens with two attached hydrogens (primary N) is 1. The van der Waals surface area contributed by atoms with E-state index < -0.39 is 0 Å².